The van der Waals surface area contributed by atoms with E-state index >= 15 is 0 Å². The lowest BCUT2D eigenvalue weighted by Crippen LogP contribution is -2.16. The summed E-state index contributed by atoms with van der Waals surface area (Å²) < 4.78 is 10.3. The zero-order valence-electron chi connectivity index (χ0n) is 10.5. The minimum atomic E-state index is -1.11. The highest BCUT2D eigenvalue weighted by Crippen LogP contribution is 2.34. The zero-order valence-corrected chi connectivity index (χ0v) is 10.5. The Morgan fingerprint density at radius 2 is 1.84 bits per heavy atom. The molecule has 0 fully saturated rings. The molecule has 1 amide bonds. The molecule has 100 valence electrons. The van der Waals surface area contributed by atoms with E-state index in [1.54, 1.807) is 18.2 Å². The van der Waals surface area contributed by atoms with Crippen LogP contribution >= 0.6 is 0 Å². The van der Waals surface area contributed by atoms with E-state index in [2.05, 4.69) is 5.32 Å². The van der Waals surface area contributed by atoms with Crippen molar-refractivity contribution in [2.45, 2.75) is 13.8 Å². The SMILES string of the molecule is C/C(C(=O)O)=C(\C)C(=O)Nc1ccc2c(c1)OCO2. The van der Waals surface area contributed by atoms with E-state index in [9.17, 15) is 9.59 Å². The van der Waals surface area contributed by atoms with Gasteiger partial charge in [0.25, 0.3) is 5.91 Å². The third-order valence-electron chi connectivity index (χ3n) is 2.85. The highest BCUT2D eigenvalue weighted by atomic mass is 16.7. The average Bonchev–Trinajstić information content (AvgIpc) is 2.84. The molecule has 19 heavy (non-hydrogen) atoms. The first-order chi connectivity index (χ1) is 8.99. The molecule has 0 atom stereocenters. The molecule has 0 saturated carbocycles. The van der Waals surface area contributed by atoms with Crippen LogP contribution in [0.3, 0.4) is 0 Å². The summed E-state index contributed by atoms with van der Waals surface area (Å²) in [6.45, 7) is 3.01. The predicted molar refractivity (Wildman–Crippen MR) is 67.2 cm³/mol. The second-order valence-corrected chi connectivity index (χ2v) is 4.08. The van der Waals surface area contributed by atoms with E-state index in [0.29, 0.717) is 17.2 Å². The third-order valence-corrected chi connectivity index (χ3v) is 2.85. The molecule has 2 rings (SSSR count). The van der Waals surface area contributed by atoms with Gasteiger partial charge in [-0.25, -0.2) is 4.79 Å². The van der Waals surface area contributed by atoms with Crippen molar-refractivity contribution in [3.05, 3.63) is 29.3 Å². The summed E-state index contributed by atoms with van der Waals surface area (Å²) in [4.78, 5) is 22.6. The summed E-state index contributed by atoms with van der Waals surface area (Å²) in [6, 6.07) is 4.97. The fourth-order valence-corrected chi connectivity index (χ4v) is 1.53. The van der Waals surface area contributed by atoms with E-state index in [-0.39, 0.29) is 17.9 Å². The average molecular weight is 263 g/mol. The summed E-state index contributed by atoms with van der Waals surface area (Å²) >= 11 is 0. The summed E-state index contributed by atoms with van der Waals surface area (Å²) in [5.41, 5.74) is 0.690. The lowest BCUT2D eigenvalue weighted by atomic mass is 10.1. The normalized spacial score (nSPS) is 13.8. The van der Waals surface area contributed by atoms with Gasteiger partial charge >= 0.3 is 5.97 Å². The molecule has 0 aliphatic carbocycles. The first-order valence-electron chi connectivity index (χ1n) is 5.61. The predicted octanol–water partition coefficient (Wildman–Crippen LogP) is 1.77. The van der Waals surface area contributed by atoms with E-state index in [4.69, 9.17) is 14.6 Å². The van der Waals surface area contributed by atoms with Gasteiger partial charge in [0.1, 0.15) is 0 Å². The zero-order chi connectivity index (χ0) is 14.0. The van der Waals surface area contributed by atoms with Gasteiger partial charge in [-0.05, 0) is 26.0 Å². The van der Waals surface area contributed by atoms with Crippen LogP contribution in [-0.4, -0.2) is 23.8 Å². The number of carbonyl (C=O) groups is 2. The van der Waals surface area contributed by atoms with E-state index in [1.807, 2.05) is 0 Å². The molecule has 1 aliphatic rings. The van der Waals surface area contributed by atoms with Crippen LogP contribution in [0.4, 0.5) is 5.69 Å². The fourth-order valence-electron chi connectivity index (χ4n) is 1.53. The second kappa shape index (κ2) is 5.01. The molecule has 0 bridgehead atoms. The molecule has 1 heterocycles. The van der Waals surface area contributed by atoms with Crippen LogP contribution in [-0.2, 0) is 9.59 Å². The van der Waals surface area contributed by atoms with Gasteiger partial charge in [0.15, 0.2) is 11.5 Å². The first kappa shape index (κ1) is 12.9. The number of benzene rings is 1. The Kier molecular flexibility index (Phi) is 3.41. The maximum atomic E-state index is 11.9. The minimum absolute atomic E-state index is 0.0123. The van der Waals surface area contributed by atoms with E-state index in [1.165, 1.54) is 13.8 Å². The van der Waals surface area contributed by atoms with Gasteiger partial charge in [0, 0.05) is 22.9 Å². The Hall–Kier alpha value is -2.50. The number of nitrogens with one attached hydrogen (secondary N) is 1. The van der Waals surface area contributed by atoms with Crippen molar-refractivity contribution in [1.29, 1.82) is 0 Å². The summed E-state index contributed by atoms with van der Waals surface area (Å²) in [7, 11) is 0. The molecule has 0 saturated heterocycles. The van der Waals surface area contributed by atoms with E-state index < -0.39 is 11.9 Å². The summed E-state index contributed by atoms with van der Waals surface area (Å²) in [5.74, 6) is -0.404. The second-order valence-electron chi connectivity index (χ2n) is 4.08. The molecule has 6 nitrogen and oxygen atoms in total. The molecule has 6 heteroatoms. The minimum Gasteiger partial charge on any atom is -0.478 e. The quantitative estimate of drug-likeness (QED) is 0.812. The number of ether oxygens (including phenoxy) is 2. The number of carboxylic acids is 1. The topological polar surface area (TPSA) is 84.9 Å². The number of carbonyl (C=O) groups excluding carboxylic acids is 1. The molecule has 0 aromatic heterocycles. The van der Waals surface area contributed by atoms with Crippen molar-refractivity contribution < 1.29 is 24.2 Å². The first-order valence-corrected chi connectivity index (χ1v) is 5.61. The van der Waals surface area contributed by atoms with Crippen LogP contribution < -0.4 is 14.8 Å². The number of anilines is 1. The standard InChI is InChI=1S/C13H13NO5/c1-7(8(2)13(16)17)12(15)14-9-3-4-10-11(5-9)19-6-18-10/h3-5H,6H2,1-2H3,(H,14,15)(H,16,17)/b8-7-. The van der Waals surface area contributed by atoms with Crippen LogP contribution in [0, 0.1) is 0 Å². The molecule has 1 aromatic rings. The van der Waals surface area contributed by atoms with Gasteiger partial charge in [-0.2, -0.15) is 0 Å². The van der Waals surface area contributed by atoms with E-state index in [0.717, 1.165) is 0 Å². The van der Waals surface area contributed by atoms with Crippen molar-refractivity contribution in [1.82, 2.24) is 0 Å². The van der Waals surface area contributed by atoms with Gasteiger partial charge in [-0.3, -0.25) is 4.79 Å². The molecule has 0 radical (unpaired) electrons. The Balaban J connectivity index is 2.16. The van der Waals surface area contributed by atoms with Crippen LogP contribution in [0.2, 0.25) is 0 Å². The van der Waals surface area contributed by atoms with Crippen molar-refractivity contribution >= 4 is 17.6 Å². The maximum absolute atomic E-state index is 11.9. The number of rotatable bonds is 3. The fraction of sp³-hybridized carbons (Fsp3) is 0.231. The van der Waals surface area contributed by atoms with Gasteiger partial charge in [0.05, 0.1) is 0 Å². The molecule has 0 unspecified atom stereocenters. The molecular formula is C13H13NO5. The largest absolute Gasteiger partial charge is 0.478 e. The highest BCUT2D eigenvalue weighted by Gasteiger charge is 2.16. The number of carboxylic acid groups (broad SMARTS) is 1. The van der Waals surface area contributed by atoms with Crippen LogP contribution in [0.25, 0.3) is 0 Å². The number of amides is 1. The van der Waals surface area contributed by atoms with Crippen molar-refractivity contribution in [2.75, 3.05) is 12.1 Å². The molecule has 0 spiro atoms. The lowest BCUT2D eigenvalue weighted by molar-refractivity contribution is -0.133. The van der Waals surface area contributed by atoms with Gasteiger partial charge < -0.3 is 19.9 Å². The monoisotopic (exact) mass is 263 g/mol. The Bertz CT molecular complexity index is 576. The maximum Gasteiger partial charge on any atom is 0.331 e. The summed E-state index contributed by atoms with van der Waals surface area (Å²) in [6.07, 6.45) is 0. The van der Waals surface area contributed by atoms with Gasteiger partial charge in [-0.1, -0.05) is 0 Å². The van der Waals surface area contributed by atoms with Crippen molar-refractivity contribution in [2.24, 2.45) is 0 Å². The molecular weight excluding hydrogens is 250 g/mol. The highest BCUT2D eigenvalue weighted by molar-refractivity contribution is 6.08. The molecule has 1 aliphatic heterocycles. The Morgan fingerprint density at radius 3 is 2.53 bits per heavy atom. The number of aliphatic carboxylic acids is 1. The Labute approximate surface area is 109 Å². The van der Waals surface area contributed by atoms with Crippen molar-refractivity contribution in [3.8, 4) is 11.5 Å². The van der Waals surface area contributed by atoms with Crippen LogP contribution in [0.15, 0.2) is 29.3 Å². The van der Waals surface area contributed by atoms with Gasteiger partial charge in [0.2, 0.25) is 6.79 Å². The van der Waals surface area contributed by atoms with Crippen molar-refractivity contribution in [3.63, 3.8) is 0 Å². The molecule has 2 N–H and O–H groups in total. The van der Waals surface area contributed by atoms with Crippen LogP contribution in [0.5, 0.6) is 11.5 Å². The van der Waals surface area contributed by atoms with Gasteiger partial charge in [-0.15, -0.1) is 0 Å². The Morgan fingerprint density at radius 1 is 1.16 bits per heavy atom. The third kappa shape index (κ3) is 2.67. The number of hydrogen-bond acceptors (Lipinski definition) is 4. The number of hydrogen-bond donors (Lipinski definition) is 2. The van der Waals surface area contributed by atoms with Crippen LogP contribution in [0.1, 0.15) is 13.8 Å². The molecule has 1 aromatic carbocycles. The lowest BCUT2D eigenvalue weighted by Gasteiger charge is -2.07. The smallest absolute Gasteiger partial charge is 0.331 e. The number of fused-ring (bicyclic) bond motifs is 1. The summed E-state index contributed by atoms with van der Waals surface area (Å²) in [5, 5.41) is 11.4.